The first-order chi connectivity index (χ1) is 10.3. The lowest BCUT2D eigenvalue weighted by atomic mass is 10.00. The number of benzene rings is 1. The predicted molar refractivity (Wildman–Crippen MR) is 86.1 cm³/mol. The van der Waals surface area contributed by atoms with E-state index in [-0.39, 0.29) is 0 Å². The summed E-state index contributed by atoms with van der Waals surface area (Å²) in [6, 6.07) is 3.02. The van der Waals surface area contributed by atoms with Gasteiger partial charge in [0, 0.05) is 43.0 Å². The highest BCUT2D eigenvalue weighted by Gasteiger charge is 2.35. The van der Waals surface area contributed by atoms with Crippen LogP contribution in [0.5, 0.6) is 0 Å². The van der Waals surface area contributed by atoms with Gasteiger partial charge in [0.2, 0.25) is 0 Å². The number of methoxy groups -OCH3 is 2. The SMILES string of the molecule is CCOC(C)(OC)c1cc(Br)c(C(C)(OC)OCC)cc1F. The first kappa shape index (κ1) is 19.5. The molecule has 0 N–H and O–H groups in total. The molecule has 2 unspecified atom stereocenters. The van der Waals surface area contributed by atoms with Gasteiger partial charge < -0.3 is 18.9 Å². The molecule has 0 spiro atoms. The summed E-state index contributed by atoms with van der Waals surface area (Å²) in [7, 11) is 3.00. The zero-order valence-corrected chi connectivity index (χ0v) is 15.5. The summed E-state index contributed by atoms with van der Waals surface area (Å²) in [5, 5.41) is 0. The molecule has 0 bridgehead atoms. The van der Waals surface area contributed by atoms with Crippen LogP contribution in [0, 0.1) is 5.82 Å². The fourth-order valence-corrected chi connectivity index (χ4v) is 2.99. The van der Waals surface area contributed by atoms with Crippen molar-refractivity contribution in [2.24, 2.45) is 0 Å². The van der Waals surface area contributed by atoms with Crippen LogP contribution in [0.3, 0.4) is 0 Å². The summed E-state index contributed by atoms with van der Waals surface area (Å²) in [5.41, 5.74) is 0.871. The van der Waals surface area contributed by atoms with Crippen LogP contribution < -0.4 is 0 Å². The van der Waals surface area contributed by atoms with Crippen LogP contribution in [0.15, 0.2) is 16.6 Å². The minimum atomic E-state index is -1.16. The van der Waals surface area contributed by atoms with E-state index in [4.69, 9.17) is 18.9 Å². The van der Waals surface area contributed by atoms with Gasteiger partial charge in [-0.2, -0.15) is 0 Å². The van der Waals surface area contributed by atoms with Gasteiger partial charge in [0.05, 0.1) is 0 Å². The van der Waals surface area contributed by atoms with Gasteiger partial charge in [-0.05, 0) is 39.8 Å². The normalized spacial score (nSPS) is 17.1. The van der Waals surface area contributed by atoms with Crippen molar-refractivity contribution in [2.45, 2.75) is 39.3 Å². The molecule has 0 saturated heterocycles. The van der Waals surface area contributed by atoms with Crippen molar-refractivity contribution in [3.05, 3.63) is 33.5 Å². The number of halogens is 2. The largest absolute Gasteiger partial charge is 0.349 e. The molecule has 6 heteroatoms. The Morgan fingerprint density at radius 2 is 1.41 bits per heavy atom. The fourth-order valence-electron chi connectivity index (χ4n) is 2.29. The van der Waals surface area contributed by atoms with Crippen molar-refractivity contribution in [1.29, 1.82) is 0 Å². The molecule has 126 valence electrons. The molecular weight excluding hydrogens is 355 g/mol. The summed E-state index contributed by atoms with van der Waals surface area (Å²) in [6.07, 6.45) is 0. The highest BCUT2D eigenvalue weighted by Crippen LogP contribution is 2.38. The van der Waals surface area contributed by atoms with E-state index >= 15 is 0 Å². The Morgan fingerprint density at radius 1 is 0.955 bits per heavy atom. The first-order valence-electron chi connectivity index (χ1n) is 7.16. The zero-order chi connectivity index (χ0) is 17.0. The smallest absolute Gasteiger partial charge is 0.194 e. The molecule has 2 atom stereocenters. The molecular formula is C16H24BrFO4. The van der Waals surface area contributed by atoms with Crippen molar-refractivity contribution in [3.8, 4) is 0 Å². The van der Waals surface area contributed by atoms with Crippen LogP contribution in [-0.2, 0) is 30.5 Å². The van der Waals surface area contributed by atoms with Crippen LogP contribution in [-0.4, -0.2) is 27.4 Å². The zero-order valence-electron chi connectivity index (χ0n) is 14.0. The number of ether oxygens (including phenoxy) is 4. The summed E-state index contributed by atoms with van der Waals surface area (Å²) < 4.78 is 37.3. The second kappa shape index (κ2) is 7.84. The van der Waals surface area contributed by atoms with E-state index in [0.717, 1.165) is 0 Å². The Balaban J connectivity index is 3.39. The van der Waals surface area contributed by atoms with Crippen LogP contribution in [0.25, 0.3) is 0 Å². The summed E-state index contributed by atoms with van der Waals surface area (Å²) in [6.45, 7) is 7.95. The minimum Gasteiger partial charge on any atom is -0.349 e. The second-order valence-corrected chi connectivity index (χ2v) is 5.83. The third-order valence-electron chi connectivity index (χ3n) is 3.65. The lowest BCUT2D eigenvalue weighted by Crippen LogP contribution is -2.32. The maximum atomic E-state index is 14.7. The van der Waals surface area contributed by atoms with Gasteiger partial charge in [0.15, 0.2) is 11.6 Å². The molecule has 1 aromatic carbocycles. The number of hydrogen-bond donors (Lipinski definition) is 0. The fraction of sp³-hybridized carbons (Fsp3) is 0.625. The van der Waals surface area contributed by atoms with E-state index in [0.29, 0.717) is 28.8 Å². The maximum Gasteiger partial charge on any atom is 0.194 e. The van der Waals surface area contributed by atoms with Gasteiger partial charge >= 0.3 is 0 Å². The van der Waals surface area contributed by atoms with E-state index in [9.17, 15) is 4.39 Å². The van der Waals surface area contributed by atoms with Crippen molar-refractivity contribution in [3.63, 3.8) is 0 Å². The van der Waals surface area contributed by atoms with E-state index in [1.165, 1.54) is 20.3 Å². The highest BCUT2D eigenvalue weighted by atomic mass is 79.9. The topological polar surface area (TPSA) is 36.9 Å². The molecule has 0 saturated carbocycles. The molecule has 0 aliphatic heterocycles. The Kier molecular flexibility index (Phi) is 6.95. The predicted octanol–water partition coefficient (Wildman–Crippen LogP) is 4.30. The van der Waals surface area contributed by atoms with E-state index in [2.05, 4.69) is 15.9 Å². The third kappa shape index (κ3) is 3.86. The van der Waals surface area contributed by atoms with Crippen LogP contribution in [0.4, 0.5) is 4.39 Å². The van der Waals surface area contributed by atoms with Crippen LogP contribution in [0.1, 0.15) is 38.8 Å². The van der Waals surface area contributed by atoms with Gasteiger partial charge in [-0.1, -0.05) is 15.9 Å². The first-order valence-corrected chi connectivity index (χ1v) is 7.95. The molecule has 0 radical (unpaired) electrons. The molecule has 0 aliphatic rings. The second-order valence-electron chi connectivity index (χ2n) is 4.98. The van der Waals surface area contributed by atoms with E-state index in [1.54, 1.807) is 19.9 Å². The van der Waals surface area contributed by atoms with Crippen molar-refractivity contribution in [1.82, 2.24) is 0 Å². The molecule has 0 aliphatic carbocycles. The molecule has 4 nitrogen and oxygen atoms in total. The van der Waals surface area contributed by atoms with Gasteiger partial charge in [-0.25, -0.2) is 4.39 Å². The highest BCUT2D eigenvalue weighted by molar-refractivity contribution is 9.10. The molecule has 0 fully saturated rings. The van der Waals surface area contributed by atoms with Gasteiger partial charge in [-0.3, -0.25) is 0 Å². The number of hydrogen-bond acceptors (Lipinski definition) is 4. The third-order valence-corrected chi connectivity index (χ3v) is 4.31. The lowest BCUT2D eigenvalue weighted by molar-refractivity contribution is -0.220. The lowest BCUT2D eigenvalue weighted by Gasteiger charge is -2.32. The van der Waals surface area contributed by atoms with E-state index < -0.39 is 17.4 Å². The standard InChI is InChI=1S/C16H24BrFO4/c1-7-21-15(3,19-5)11-10-14(18)12(9-13(11)17)16(4,20-6)22-8-2/h9-10H,7-8H2,1-6H3. The van der Waals surface area contributed by atoms with Crippen molar-refractivity contribution >= 4 is 15.9 Å². The van der Waals surface area contributed by atoms with Crippen molar-refractivity contribution in [2.75, 3.05) is 27.4 Å². The summed E-state index contributed by atoms with van der Waals surface area (Å²) >= 11 is 3.46. The summed E-state index contributed by atoms with van der Waals surface area (Å²) in [5.74, 6) is -2.64. The Morgan fingerprint density at radius 3 is 1.82 bits per heavy atom. The molecule has 22 heavy (non-hydrogen) atoms. The Labute approximate surface area is 140 Å². The minimum absolute atomic E-state index is 0.308. The van der Waals surface area contributed by atoms with Gasteiger partial charge in [0.1, 0.15) is 5.82 Å². The molecule has 0 aromatic heterocycles. The average molecular weight is 379 g/mol. The van der Waals surface area contributed by atoms with Crippen LogP contribution >= 0.6 is 15.9 Å². The van der Waals surface area contributed by atoms with Gasteiger partial charge in [-0.15, -0.1) is 0 Å². The molecule has 0 heterocycles. The quantitative estimate of drug-likeness (QED) is 0.632. The van der Waals surface area contributed by atoms with Gasteiger partial charge in [0.25, 0.3) is 0 Å². The molecule has 1 rings (SSSR count). The maximum absolute atomic E-state index is 14.7. The van der Waals surface area contributed by atoms with Crippen molar-refractivity contribution < 1.29 is 23.3 Å². The van der Waals surface area contributed by atoms with Crippen LogP contribution in [0.2, 0.25) is 0 Å². The number of rotatable bonds is 8. The summed E-state index contributed by atoms with van der Waals surface area (Å²) in [4.78, 5) is 0. The average Bonchev–Trinajstić information content (AvgIpc) is 2.49. The Bertz CT molecular complexity index is 465. The molecule has 1 aromatic rings. The monoisotopic (exact) mass is 378 g/mol. The Hall–Kier alpha value is -0.530. The van der Waals surface area contributed by atoms with E-state index in [1.807, 2.05) is 13.8 Å². The molecule has 0 amide bonds.